The Labute approximate surface area is 219 Å². The molecule has 0 aromatic rings. The molecule has 0 aliphatic heterocycles. The molecule has 15 nitrogen and oxygen atoms in total. The first kappa shape index (κ1) is 36.9. The average Bonchev–Trinajstić information content (AvgIpc) is 2.75. The zero-order valence-electron chi connectivity index (χ0n) is 22.3. The highest BCUT2D eigenvalue weighted by Crippen LogP contribution is 2.37. The van der Waals surface area contributed by atoms with Crippen molar-refractivity contribution >= 4 is 15.6 Å². The van der Waals surface area contributed by atoms with E-state index in [9.17, 15) is 19.3 Å². The molecule has 0 aliphatic carbocycles. The number of nitrogens with one attached hydrogen (secondary N) is 3. The third kappa shape index (κ3) is 22.5. The summed E-state index contributed by atoms with van der Waals surface area (Å²) in [6, 6.07) is -0.268. The van der Waals surface area contributed by atoms with Gasteiger partial charge in [0.25, 0.3) is 0 Å². The molecule has 0 fully saturated rings. The first-order chi connectivity index (χ1) is 16.9. The maximum Gasteiger partial charge on any atom is 0.469 e. The third-order valence-electron chi connectivity index (χ3n) is 4.81. The molecule has 0 saturated heterocycles. The second-order valence-electron chi connectivity index (χ2n) is 9.99. The molecule has 0 aliphatic rings. The fourth-order valence-corrected chi connectivity index (χ4v) is 3.86. The maximum absolute atomic E-state index is 11.0. The van der Waals surface area contributed by atoms with Gasteiger partial charge in [0.1, 0.15) is 12.5 Å². The molecule has 0 saturated carbocycles. The lowest BCUT2D eigenvalue weighted by Gasteiger charge is -2.33. The molecule has 224 valence electrons. The van der Waals surface area contributed by atoms with Gasteiger partial charge in [-0.15, -0.1) is 0 Å². The maximum atomic E-state index is 11.0. The van der Waals surface area contributed by atoms with E-state index < -0.39 is 39.2 Å². The van der Waals surface area contributed by atoms with Gasteiger partial charge in [0.15, 0.2) is 0 Å². The van der Waals surface area contributed by atoms with Crippen molar-refractivity contribution in [2.24, 2.45) is 0 Å². The van der Waals surface area contributed by atoms with E-state index in [0.717, 1.165) is 0 Å². The van der Waals surface area contributed by atoms with Crippen LogP contribution in [0.15, 0.2) is 0 Å². The summed E-state index contributed by atoms with van der Waals surface area (Å²) in [6.45, 7) is 9.09. The normalized spacial score (nSPS) is 16.1. The summed E-state index contributed by atoms with van der Waals surface area (Å²) in [5, 5.41) is 28.3. The van der Waals surface area contributed by atoms with Gasteiger partial charge in [-0.05, 0) is 47.6 Å². The Morgan fingerprint density at radius 2 is 1.35 bits per heavy atom. The number of ether oxygens (including phenoxy) is 2. The highest BCUT2D eigenvalue weighted by atomic mass is 31.2. The Morgan fingerprint density at radius 3 is 1.89 bits per heavy atom. The van der Waals surface area contributed by atoms with E-state index in [1.165, 1.54) is 0 Å². The van der Waals surface area contributed by atoms with Crippen LogP contribution in [0, 0.1) is 0 Å². The second-order valence-corrected chi connectivity index (χ2v) is 12.5. The van der Waals surface area contributed by atoms with Crippen LogP contribution in [0.1, 0.15) is 53.9 Å². The lowest BCUT2D eigenvalue weighted by atomic mass is 10.1. The topological polar surface area (TPSA) is 229 Å². The van der Waals surface area contributed by atoms with Crippen molar-refractivity contribution in [2.45, 2.75) is 83.5 Å². The Morgan fingerprint density at radius 1 is 0.811 bits per heavy atom. The summed E-state index contributed by atoms with van der Waals surface area (Å²) >= 11 is 0. The highest BCUT2D eigenvalue weighted by Gasteiger charge is 2.27. The minimum atomic E-state index is -4.63. The standard InChI is InChI=1S/C20H47N3O12P2/c1-16(13-34-36(26,27)28)21-9-6-11-32-18(22-19(2,3)14-25)8-12-33-17(7-10-24)23-20(4,5)15-35-37(29,30)31/h16-18,21-25H,6-15H2,1-5H3,(H2,26,27,28)(H2,29,30,31). The van der Waals surface area contributed by atoms with Crippen molar-refractivity contribution in [1.29, 1.82) is 0 Å². The van der Waals surface area contributed by atoms with Crippen LogP contribution in [0.4, 0.5) is 0 Å². The minimum Gasteiger partial charge on any atom is -0.396 e. The molecule has 0 aromatic heterocycles. The molecule has 9 N–H and O–H groups in total. The smallest absolute Gasteiger partial charge is 0.396 e. The molecule has 3 atom stereocenters. The fourth-order valence-electron chi connectivity index (χ4n) is 2.95. The molecule has 0 heterocycles. The number of phosphoric ester groups is 2. The zero-order valence-corrected chi connectivity index (χ0v) is 24.1. The van der Waals surface area contributed by atoms with Crippen LogP contribution in [0.2, 0.25) is 0 Å². The molecular formula is C20H47N3O12P2. The van der Waals surface area contributed by atoms with Crippen molar-refractivity contribution in [2.75, 3.05) is 46.2 Å². The zero-order chi connectivity index (χ0) is 28.8. The SMILES string of the molecule is CC(COP(=O)(O)O)NCCCOC(CCOC(CCO)NC(C)(C)COP(=O)(O)O)NC(C)(C)CO. The summed E-state index contributed by atoms with van der Waals surface area (Å²) in [5.74, 6) is 0. The monoisotopic (exact) mass is 583 g/mol. The molecule has 0 spiro atoms. The third-order valence-corrected chi connectivity index (χ3v) is 5.76. The predicted molar refractivity (Wildman–Crippen MR) is 135 cm³/mol. The predicted octanol–water partition coefficient (Wildman–Crippen LogP) is -0.240. The Hall–Kier alpha value is -0.0600. The van der Waals surface area contributed by atoms with Crippen LogP contribution >= 0.6 is 15.6 Å². The van der Waals surface area contributed by atoms with E-state index in [0.29, 0.717) is 26.0 Å². The summed E-state index contributed by atoms with van der Waals surface area (Å²) < 4.78 is 42.6. The van der Waals surface area contributed by atoms with Crippen LogP contribution < -0.4 is 16.0 Å². The number of aliphatic hydroxyl groups is 2. The number of aliphatic hydroxyl groups excluding tert-OH is 2. The van der Waals surface area contributed by atoms with Crippen LogP contribution in [0.25, 0.3) is 0 Å². The van der Waals surface area contributed by atoms with E-state index in [-0.39, 0.29) is 45.5 Å². The van der Waals surface area contributed by atoms with Gasteiger partial charge in [0.2, 0.25) is 0 Å². The van der Waals surface area contributed by atoms with Gasteiger partial charge in [-0.1, -0.05) is 0 Å². The Bertz CT molecular complexity index is 704. The summed E-state index contributed by atoms with van der Waals surface area (Å²) in [6.07, 6.45) is 0.134. The first-order valence-corrected chi connectivity index (χ1v) is 15.1. The molecule has 0 radical (unpaired) electrons. The largest absolute Gasteiger partial charge is 0.469 e. The highest BCUT2D eigenvalue weighted by molar-refractivity contribution is 7.46. The van der Waals surface area contributed by atoms with Crippen molar-refractivity contribution in [1.82, 2.24) is 16.0 Å². The van der Waals surface area contributed by atoms with Gasteiger partial charge in [0.05, 0.1) is 26.4 Å². The average molecular weight is 584 g/mol. The molecule has 3 unspecified atom stereocenters. The number of hydrogen-bond acceptors (Lipinski definition) is 11. The van der Waals surface area contributed by atoms with Crippen LogP contribution in [0.5, 0.6) is 0 Å². The lowest BCUT2D eigenvalue weighted by molar-refractivity contribution is -0.0513. The van der Waals surface area contributed by atoms with Crippen LogP contribution in [-0.4, -0.2) is 106 Å². The van der Waals surface area contributed by atoms with E-state index in [4.69, 9.17) is 29.0 Å². The van der Waals surface area contributed by atoms with E-state index >= 15 is 0 Å². The van der Waals surface area contributed by atoms with E-state index in [2.05, 4.69) is 25.0 Å². The van der Waals surface area contributed by atoms with E-state index in [1.54, 1.807) is 20.8 Å². The second kappa shape index (κ2) is 17.6. The minimum absolute atomic E-state index is 0.130. The summed E-state index contributed by atoms with van der Waals surface area (Å²) in [5.41, 5.74) is -1.48. The first-order valence-electron chi connectivity index (χ1n) is 12.0. The quantitative estimate of drug-likeness (QED) is 0.0429. The molecule has 0 amide bonds. The molecule has 0 rings (SSSR count). The molecular weight excluding hydrogens is 536 g/mol. The van der Waals surface area contributed by atoms with Gasteiger partial charge in [-0.3, -0.25) is 19.7 Å². The molecule has 0 bridgehead atoms. The van der Waals surface area contributed by atoms with E-state index in [1.807, 2.05) is 13.8 Å². The number of phosphoric acid groups is 2. The van der Waals surface area contributed by atoms with Crippen molar-refractivity contribution in [3.8, 4) is 0 Å². The Balaban J connectivity index is 4.70. The molecule has 37 heavy (non-hydrogen) atoms. The van der Waals surface area contributed by atoms with Gasteiger partial charge < -0.3 is 44.6 Å². The summed E-state index contributed by atoms with van der Waals surface area (Å²) in [4.78, 5) is 35.4. The Kier molecular flexibility index (Phi) is 17.6. The van der Waals surface area contributed by atoms with Gasteiger partial charge in [-0.25, -0.2) is 9.13 Å². The van der Waals surface area contributed by atoms with Crippen LogP contribution in [0.3, 0.4) is 0 Å². The van der Waals surface area contributed by atoms with Crippen LogP contribution in [-0.2, 0) is 27.7 Å². The number of rotatable bonds is 23. The summed E-state index contributed by atoms with van der Waals surface area (Å²) in [7, 11) is -9.14. The van der Waals surface area contributed by atoms with Gasteiger partial charge in [0, 0.05) is 43.2 Å². The molecule has 17 heteroatoms. The van der Waals surface area contributed by atoms with Crippen molar-refractivity contribution < 1.29 is 57.4 Å². The molecule has 0 aromatic carbocycles. The fraction of sp³-hybridized carbons (Fsp3) is 1.00. The van der Waals surface area contributed by atoms with Crippen molar-refractivity contribution in [3.63, 3.8) is 0 Å². The van der Waals surface area contributed by atoms with Crippen molar-refractivity contribution in [3.05, 3.63) is 0 Å². The number of hydrogen-bond donors (Lipinski definition) is 9. The van der Waals surface area contributed by atoms with Gasteiger partial charge >= 0.3 is 15.6 Å². The van der Waals surface area contributed by atoms with Gasteiger partial charge in [-0.2, -0.15) is 0 Å². The lowest BCUT2D eigenvalue weighted by Crippen LogP contribution is -2.51.